The number of rotatable bonds is 6. The Morgan fingerprint density at radius 1 is 0.773 bits per heavy atom. The minimum Gasteiger partial charge on any atom is -0.340 e. The molecule has 230 valence electrons. The molecule has 2 unspecified atom stereocenters. The number of amidine groups is 2. The van der Waals surface area contributed by atoms with E-state index >= 15 is 0 Å². The van der Waals surface area contributed by atoms with Gasteiger partial charge in [0.2, 0.25) is 0 Å². The normalized spacial score (nSPS) is 16.8. The van der Waals surface area contributed by atoms with Gasteiger partial charge < -0.3 is 10.7 Å². The third-order valence-corrected chi connectivity index (χ3v) is 6.97. The Kier molecular flexibility index (Phi) is 14.8. The highest BCUT2D eigenvalue weighted by Gasteiger charge is 2.42. The van der Waals surface area contributed by atoms with E-state index in [1.54, 1.807) is 0 Å². The van der Waals surface area contributed by atoms with Gasteiger partial charge in [-0.2, -0.15) is 0 Å². The molecule has 0 saturated carbocycles. The lowest BCUT2D eigenvalue weighted by atomic mass is 9.71. The predicted octanol–water partition coefficient (Wildman–Crippen LogP) is 9.45. The number of fused-ring (bicyclic) bond motifs is 1. The summed E-state index contributed by atoms with van der Waals surface area (Å²) in [5, 5.41) is 9.02. The molecular weight excluding hydrogens is 540 g/mol. The summed E-state index contributed by atoms with van der Waals surface area (Å²) in [5.74, 6) is 1.63. The largest absolute Gasteiger partial charge is 0.340 e. The third kappa shape index (κ3) is 8.32. The lowest BCUT2D eigenvalue weighted by Crippen LogP contribution is -2.41. The van der Waals surface area contributed by atoms with Gasteiger partial charge in [-0.1, -0.05) is 125 Å². The molecule has 4 aromatic rings. The Bertz CT molecular complexity index is 1490. The van der Waals surface area contributed by atoms with Gasteiger partial charge in [0.1, 0.15) is 11.7 Å². The molecule has 44 heavy (non-hydrogen) atoms. The molecule has 1 aliphatic heterocycles. The average molecular weight is 589 g/mol. The topological polar surface area (TPSA) is 84.7 Å². The number of nitrogens with one attached hydrogen (secondary N) is 4. The summed E-state index contributed by atoms with van der Waals surface area (Å²) in [6, 6.07) is 37.1. The van der Waals surface area contributed by atoms with Crippen LogP contribution in [-0.4, -0.2) is 25.4 Å². The molecule has 5 rings (SSSR count). The van der Waals surface area contributed by atoms with Crippen LogP contribution in [0.5, 0.6) is 0 Å². The zero-order chi connectivity index (χ0) is 32.4. The van der Waals surface area contributed by atoms with E-state index in [2.05, 4.69) is 102 Å². The summed E-state index contributed by atoms with van der Waals surface area (Å²) in [6.45, 7) is 14.8. The number of aliphatic imine (C=N–C) groups is 2. The van der Waals surface area contributed by atoms with Gasteiger partial charge in [-0.15, -0.1) is 0 Å². The maximum atomic E-state index is 5.50. The molecule has 0 saturated heterocycles. The fraction of sp³-hybridized carbons (Fsp3) is 0.237. The third-order valence-electron chi connectivity index (χ3n) is 6.97. The standard InChI is InChI=1S/C33H33N5.2C2H6.CH3N/c1-4-15-29-26-20-11-12-21-27(26)32(38-37-25-18-9-6-10-19-25)36-33(29,2)30-23-14-13-22-28(30)31(34-3)35-24-16-7-5-8-17-24;3*1-2/h4-23,29,37H,1-3H3,(H,34,35)(H,36,38);2*1-2H3;2H,1H2. The number of allylic oxidation sites excluding steroid dienone is 1. The minimum atomic E-state index is -0.605. The van der Waals surface area contributed by atoms with Gasteiger partial charge in [-0.05, 0) is 56.0 Å². The first-order chi connectivity index (χ1) is 21.6. The fourth-order valence-electron chi connectivity index (χ4n) is 5.14. The van der Waals surface area contributed by atoms with E-state index < -0.39 is 5.54 Å². The zero-order valence-corrected chi connectivity index (χ0v) is 27.2. The number of para-hydroxylation sites is 2. The van der Waals surface area contributed by atoms with Crippen LogP contribution >= 0.6 is 0 Å². The van der Waals surface area contributed by atoms with E-state index in [-0.39, 0.29) is 5.92 Å². The van der Waals surface area contributed by atoms with Crippen molar-refractivity contribution in [3.63, 3.8) is 0 Å². The van der Waals surface area contributed by atoms with Crippen LogP contribution in [-0.2, 0) is 5.54 Å². The first kappa shape index (κ1) is 35.2. The molecule has 4 aromatic carbocycles. The maximum absolute atomic E-state index is 5.50. The number of hydrogen-bond acceptors (Lipinski definition) is 5. The molecule has 2 atom stereocenters. The fourth-order valence-corrected chi connectivity index (χ4v) is 5.14. The second-order valence-corrected chi connectivity index (χ2v) is 9.42. The SMILES string of the molecule is C=N.CC.CC.CC=CC1c2ccccc2C(NNc2ccccc2)=NC1(C)c1ccccc1C(=NC)Nc1ccccc1. The van der Waals surface area contributed by atoms with Crippen molar-refractivity contribution in [2.24, 2.45) is 9.98 Å². The first-order valence-electron chi connectivity index (χ1n) is 15.3. The van der Waals surface area contributed by atoms with Crippen molar-refractivity contribution >= 4 is 29.8 Å². The summed E-state index contributed by atoms with van der Waals surface area (Å²) < 4.78 is 0. The van der Waals surface area contributed by atoms with Gasteiger partial charge >= 0.3 is 0 Å². The Morgan fingerprint density at radius 3 is 1.93 bits per heavy atom. The Balaban J connectivity index is 0.00000106. The molecule has 0 aliphatic carbocycles. The summed E-state index contributed by atoms with van der Waals surface area (Å²) in [4.78, 5) is 10.1. The van der Waals surface area contributed by atoms with E-state index in [4.69, 9.17) is 10.4 Å². The molecule has 0 bridgehead atoms. The number of hydrogen-bond donors (Lipinski definition) is 4. The summed E-state index contributed by atoms with van der Waals surface area (Å²) in [6.07, 6.45) is 4.38. The smallest absolute Gasteiger partial charge is 0.148 e. The predicted molar refractivity (Wildman–Crippen MR) is 193 cm³/mol. The first-order valence-corrected chi connectivity index (χ1v) is 15.3. The van der Waals surface area contributed by atoms with E-state index in [1.165, 1.54) is 5.56 Å². The van der Waals surface area contributed by atoms with Gasteiger partial charge in [0, 0.05) is 29.8 Å². The van der Waals surface area contributed by atoms with Crippen LogP contribution < -0.4 is 16.2 Å². The lowest BCUT2D eigenvalue weighted by Gasteiger charge is -2.40. The number of anilines is 2. The number of hydrazine groups is 1. The minimum absolute atomic E-state index is 0.0296. The summed E-state index contributed by atoms with van der Waals surface area (Å²) >= 11 is 0. The average Bonchev–Trinajstić information content (AvgIpc) is 3.11. The van der Waals surface area contributed by atoms with Gasteiger partial charge in [0.25, 0.3) is 0 Å². The van der Waals surface area contributed by atoms with Crippen LogP contribution in [0.1, 0.15) is 69.7 Å². The summed E-state index contributed by atoms with van der Waals surface area (Å²) in [7, 11) is 1.82. The van der Waals surface area contributed by atoms with Crippen molar-refractivity contribution < 1.29 is 0 Å². The Hall–Kier alpha value is -4.97. The van der Waals surface area contributed by atoms with Crippen molar-refractivity contribution in [1.82, 2.24) is 5.43 Å². The highest BCUT2D eigenvalue weighted by Crippen LogP contribution is 2.47. The molecular formula is C38H48N6. The Labute approximate surface area is 264 Å². The van der Waals surface area contributed by atoms with E-state index in [9.17, 15) is 0 Å². The molecule has 0 radical (unpaired) electrons. The summed E-state index contributed by atoms with van der Waals surface area (Å²) in [5.41, 5.74) is 12.5. The number of nitrogens with zero attached hydrogens (tertiary/aromatic N) is 2. The van der Waals surface area contributed by atoms with E-state index in [1.807, 2.05) is 95.4 Å². The lowest BCUT2D eigenvalue weighted by molar-refractivity contribution is 0.435. The van der Waals surface area contributed by atoms with Crippen molar-refractivity contribution in [3.05, 3.63) is 144 Å². The molecule has 1 aliphatic rings. The molecule has 6 nitrogen and oxygen atoms in total. The van der Waals surface area contributed by atoms with Gasteiger partial charge in [0.15, 0.2) is 0 Å². The van der Waals surface area contributed by atoms with Crippen molar-refractivity contribution in [1.29, 1.82) is 5.41 Å². The van der Waals surface area contributed by atoms with Crippen molar-refractivity contribution in [2.45, 2.75) is 53.0 Å². The van der Waals surface area contributed by atoms with Crippen LogP contribution in [0.3, 0.4) is 0 Å². The van der Waals surface area contributed by atoms with Crippen LogP contribution in [0.25, 0.3) is 0 Å². The quantitative estimate of drug-likeness (QED) is 0.0783. The van der Waals surface area contributed by atoms with Gasteiger partial charge in [0.05, 0.1) is 11.2 Å². The van der Waals surface area contributed by atoms with Crippen LogP contribution in [0.4, 0.5) is 11.4 Å². The van der Waals surface area contributed by atoms with Crippen LogP contribution in [0.2, 0.25) is 0 Å². The second kappa shape index (κ2) is 18.5. The van der Waals surface area contributed by atoms with Crippen LogP contribution in [0.15, 0.2) is 131 Å². The molecule has 0 spiro atoms. The van der Waals surface area contributed by atoms with Crippen LogP contribution in [0, 0.1) is 5.41 Å². The molecule has 0 fully saturated rings. The van der Waals surface area contributed by atoms with Crippen molar-refractivity contribution in [3.8, 4) is 0 Å². The molecule has 1 heterocycles. The van der Waals surface area contributed by atoms with Crippen molar-refractivity contribution in [2.75, 3.05) is 17.8 Å². The molecule has 0 amide bonds. The number of benzene rings is 4. The molecule has 6 heteroatoms. The second-order valence-electron chi connectivity index (χ2n) is 9.42. The highest BCUT2D eigenvalue weighted by atomic mass is 15.4. The molecule has 0 aromatic heterocycles. The monoisotopic (exact) mass is 588 g/mol. The van der Waals surface area contributed by atoms with Gasteiger partial charge in [-0.3, -0.25) is 20.8 Å². The van der Waals surface area contributed by atoms with E-state index in [0.29, 0.717) is 0 Å². The highest BCUT2D eigenvalue weighted by molar-refractivity contribution is 6.10. The molecule has 4 N–H and O–H groups in total. The Morgan fingerprint density at radius 2 is 1.32 bits per heavy atom. The maximum Gasteiger partial charge on any atom is 0.148 e. The zero-order valence-electron chi connectivity index (χ0n) is 27.2. The van der Waals surface area contributed by atoms with Gasteiger partial charge in [-0.25, -0.2) is 0 Å². The van der Waals surface area contributed by atoms with E-state index in [0.717, 1.165) is 39.7 Å².